The Bertz CT molecular complexity index is 502. The van der Waals surface area contributed by atoms with Crippen LogP contribution in [-0.2, 0) is 16.5 Å². The number of benzene rings is 1. The zero-order chi connectivity index (χ0) is 15.0. The summed E-state index contributed by atoms with van der Waals surface area (Å²) in [7, 11) is 0. The van der Waals surface area contributed by atoms with E-state index in [0.717, 1.165) is 12.1 Å². The zero-order valence-electron chi connectivity index (χ0n) is 10.3. The Labute approximate surface area is 113 Å². The lowest BCUT2D eigenvalue weighted by atomic mass is 9.80. The Morgan fingerprint density at radius 2 is 1.89 bits per heavy atom. The summed E-state index contributed by atoms with van der Waals surface area (Å²) in [5, 5.41) is 8.89. The maximum atomic E-state index is 12.5. The van der Waals surface area contributed by atoms with Gasteiger partial charge in [-0.2, -0.15) is 13.2 Å². The summed E-state index contributed by atoms with van der Waals surface area (Å²) in [6, 6.07) is 2.47. The van der Waals surface area contributed by atoms with Gasteiger partial charge in [0.05, 0.1) is 5.56 Å². The molecule has 1 unspecified atom stereocenters. The standard InChI is InChI=1S/C12H13ClF3NO2/c1-6(2)11(17,10(18)19)8-4-3-7(5-9(8)13)12(14,15)16/h3-6H,17H2,1-2H3,(H,18,19). The predicted octanol–water partition coefficient (Wildman–Crippen LogP) is 3.25. The third-order valence-corrected chi connectivity index (χ3v) is 3.32. The van der Waals surface area contributed by atoms with Crippen molar-refractivity contribution >= 4 is 17.6 Å². The second-order valence-electron chi connectivity index (χ2n) is 4.52. The van der Waals surface area contributed by atoms with E-state index >= 15 is 0 Å². The molecule has 1 rings (SSSR count). The highest BCUT2D eigenvalue weighted by Gasteiger charge is 2.42. The Morgan fingerprint density at radius 1 is 1.37 bits per heavy atom. The fraction of sp³-hybridized carbons (Fsp3) is 0.417. The van der Waals surface area contributed by atoms with Crippen LogP contribution >= 0.6 is 11.6 Å². The number of halogens is 4. The van der Waals surface area contributed by atoms with Gasteiger partial charge in [-0.1, -0.05) is 31.5 Å². The van der Waals surface area contributed by atoms with Crippen LogP contribution in [0, 0.1) is 5.92 Å². The topological polar surface area (TPSA) is 63.3 Å². The number of carboxylic acids is 1. The molecule has 3 nitrogen and oxygen atoms in total. The van der Waals surface area contributed by atoms with Gasteiger partial charge in [0.25, 0.3) is 0 Å². The molecule has 1 aromatic rings. The number of carboxylic acid groups (broad SMARTS) is 1. The van der Waals surface area contributed by atoms with Crippen LogP contribution < -0.4 is 5.73 Å². The minimum atomic E-state index is -4.54. The van der Waals surface area contributed by atoms with Crippen LogP contribution in [0.1, 0.15) is 25.0 Å². The summed E-state index contributed by atoms with van der Waals surface area (Å²) in [5.74, 6) is -1.89. The third kappa shape index (κ3) is 2.84. The van der Waals surface area contributed by atoms with Gasteiger partial charge in [0.2, 0.25) is 0 Å². The molecule has 0 aliphatic heterocycles. The first kappa shape index (κ1) is 15.8. The molecule has 0 spiro atoms. The van der Waals surface area contributed by atoms with E-state index in [-0.39, 0.29) is 10.6 Å². The van der Waals surface area contributed by atoms with Crippen LogP contribution in [0.4, 0.5) is 13.2 Å². The summed E-state index contributed by atoms with van der Waals surface area (Å²) >= 11 is 5.76. The molecule has 7 heteroatoms. The van der Waals surface area contributed by atoms with Crippen molar-refractivity contribution in [3.8, 4) is 0 Å². The Morgan fingerprint density at radius 3 is 2.21 bits per heavy atom. The molecule has 0 aliphatic rings. The third-order valence-electron chi connectivity index (χ3n) is 3.01. The molecule has 3 N–H and O–H groups in total. The maximum Gasteiger partial charge on any atom is 0.416 e. The number of hydrogen-bond acceptors (Lipinski definition) is 2. The van der Waals surface area contributed by atoms with Gasteiger partial charge in [-0.15, -0.1) is 0 Å². The molecular formula is C12H13ClF3NO2. The van der Waals surface area contributed by atoms with E-state index in [0.29, 0.717) is 6.07 Å². The summed E-state index contributed by atoms with van der Waals surface area (Å²) in [6.45, 7) is 3.12. The highest BCUT2D eigenvalue weighted by molar-refractivity contribution is 6.31. The van der Waals surface area contributed by atoms with E-state index in [1.807, 2.05) is 0 Å². The molecule has 106 valence electrons. The smallest absolute Gasteiger partial charge is 0.416 e. The zero-order valence-corrected chi connectivity index (χ0v) is 11.0. The molecule has 0 heterocycles. The molecule has 0 bridgehead atoms. The molecule has 0 saturated carbocycles. The van der Waals surface area contributed by atoms with Crippen molar-refractivity contribution in [2.45, 2.75) is 25.6 Å². The lowest BCUT2D eigenvalue weighted by Gasteiger charge is -2.30. The Balaban J connectivity index is 3.41. The molecule has 1 aromatic carbocycles. The van der Waals surface area contributed by atoms with Gasteiger partial charge in [0, 0.05) is 10.6 Å². The van der Waals surface area contributed by atoms with Gasteiger partial charge in [0.15, 0.2) is 0 Å². The Hall–Kier alpha value is -1.27. The molecule has 0 radical (unpaired) electrons. The van der Waals surface area contributed by atoms with Crippen molar-refractivity contribution in [1.82, 2.24) is 0 Å². The van der Waals surface area contributed by atoms with Crippen LogP contribution in [0.2, 0.25) is 5.02 Å². The number of rotatable bonds is 3. The average Bonchev–Trinajstić information content (AvgIpc) is 2.25. The van der Waals surface area contributed by atoms with E-state index in [1.54, 1.807) is 13.8 Å². The van der Waals surface area contributed by atoms with Gasteiger partial charge in [0.1, 0.15) is 5.54 Å². The fourth-order valence-electron chi connectivity index (χ4n) is 1.70. The molecule has 19 heavy (non-hydrogen) atoms. The summed E-state index contributed by atoms with van der Waals surface area (Å²) in [6.07, 6.45) is -4.54. The molecule has 0 amide bonds. The van der Waals surface area contributed by atoms with Crippen molar-refractivity contribution < 1.29 is 23.1 Å². The average molecular weight is 296 g/mol. The highest BCUT2D eigenvalue weighted by atomic mass is 35.5. The number of nitrogens with two attached hydrogens (primary N) is 1. The summed E-state index contributed by atoms with van der Waals surface area (Å²) in [5.41, 5.74) is 2.98. The molecule has 0 saturated heterocycles. The highest BCUT2D eigenvalue weighted by Crippen LogP contribution is 2.37. The summed E-state index contributed by atoms with van der Waals surface area (Å²) < 4.78 is 37.5. The van der Waals surface area contributed by atoms with Gasteiger partial charge < -0.3 is 10.8 Å². The lowest BCUT2D eigenvalue weighted by Crippen LogP contribution is -2.49. The second-order valence-corrected chi connectivity index (χ2v) is 4.93. The van der Waals surface area contributed by atoms with Crippen molar-refractivity contribution in [2.24, 2.45) is 11.7 Å². The van der Waals surface area contributed by atoms with Crippen molar-refractivity contribution in [3.63, 3.8) is 0 Å². The fourth-order valence-corrected chi connectivity index (χ4v) is 2.04. The van der Waals surface area contributed by atoms with E-state index in [2.05, 4.69) is 0 Å². The SMILES string of the molecule is CC(C)C(N)(C(=O)O)c1ccc(C(F)(F)F)cc1Cl. The predicted molar refractivity (Wildman–Crippen MR) is 64.8 cm³/mol. The molecule has 1 atom stereocenters. The molecule has 0 aliphatic carbocycles. The largest absolute Gasteiger partial charge is 0.480 e. The molecule has 0 aromatic heterocycles. The van der Waals surface area contributed by atoms with Gasteiger partial charge in [-0.25, -0.2) is 4.79 Å². The second kappa shape index (κ2) is 5.02. The van der Waals surface area contributed by atoms with Crippen molar-refractivity contribution in [2.75, 3.05) is 0 Å². The van der Waals surface area contributed by atoms with Crippen LogP contribution in [0.15, 0.2) is 18.2 Å². The lowest BCUT2D eigenvalue weighted by molar-refractivity contribution is -0.145. The van der Waals surface area contributed by atoms with E-state index in [4.69, 9.17) is 17.3 Å². The minimum Gasteiger partial charge on any atom is -0.480 e. The number of hydrogen-bond donors (Lipinski definition) is 2. The first-order valence-electron chi connectivity index (χ1n) is 5.40. The first-order chi connectivity index (χ1) is 8.51. The first-order valence-corrected chi connectivity index (χ1v) is 5.78. The van der Waals surface area contributed by atoms with E-state index in [9.17, 15) is 23.1 Å². The van der Waals surface area contributed by atoms with Crippen LogP contribution in [-0.4, -0.2) is 11.1 Å². The number of alkyl halides is 3. The van der Waals surface area contributed by atoms with Crippen LogP contribution in [0.25, 0.3) is 0 Å². The normalized spacial score (nSPS) is 15.4. The number of carbonyl (C=O) groups is 1. The van der Waals surface area contributed by atoms with Crippen LogP contribution in [0.3, 0.4) is 0 Å². The van der Waals surface area contributed by atoms with Gasteiger partial charge in [-0.05, 0) is 18.1 Å². The minimum absolute atomic E-state index is 0.0373. The monoisotopic (exact) mass is 295 g/mol. The van der Waals surface area contributed by atoms with E-state index in [1.165, 1.54) is 0 Å². The summed E-state index contributed by atoms with van der Waals surface area (Å²) in [4.78, 5) is 11.3. The van der Waals surface area contributed by atoms with Crippen LogP contribution in [0.5, 0.6) is 0 Å². The van der Waals surface area contributed by atoms with Crippen molar-refractivity contribution in [3.05, 3.63) is 34.3 Å². The molecule has 0 fully saturated rings. The van der Waals surface area contributed by atoms with Gasteiger partial charge in [-0.3, -0.25) is 0 Å². The van der Waals surface area contributed by atoms with Crippen molar-refractivity contribution in [1.29, 1.82) is 0 Å². The molecular weight excluding hydrogens is 283 g/mol. The number of aliphatic carboxylic acids is 1. The van der Waals surface area contributed by atoms with E-state index < -0.39 is 29.2 Å². The quantitative estimate of drug-likeness (QED) is 0.899. The Kier molecular flexibility index (Phi) is 4.17. The van der Waals surface area contributed by atoms with Gasteiger partial charge >= 0.3 is 12.1 Å². The maximum absolute atomic E-state index is 12.5.